The van der Waals surface area contributed by atoms with Crippen molar-refractivity contribution in [1.82, 2.24) is 20.0 Å². The SMILES string of the molecule is CCn1nc(C(=O)Nc2nnc(Cc3ccc(SC(C)C)cc3)o2)cc1C. The molecule has 142 valence electrons. The Morgan fingerprint density at radius 1 is 1.26 bits per heavy atom. The zero-order valence-electron chi connectivity index (χ0n) is 15.9. The summed E-state index contributed by atoms with van der Waals surface area (Å²) in [7, 11) is 0. The van der Waals surface area contributed by atoms with Crippen LogP contribution in [0.5, 0.6) is 0 Å². The van der Waals surface area contributed by atoms with Crippen LogP contribution in [0.2, 0.25) is 0 Å². The fraction of sp³-hybridized carbons (Fsp3) is 0.368. The second-order valence-electron chi connectivity index (χ2n) is 6.43. The number of anilines is 1. The highest BCUT2D eigenvalue weighted by atomic mass is 32.2. The van der Waals surface area contributed by atoms with Gasteiger partial charge in [-0.05, 0) is 37.6 Å². The zero-order chi connectivity index (χ0) is 19.4. The summed E-state index contributed by atoms with van der Waals surface area (Å²) in [5, 5.41) is 15.3. The molecule has 1 aromatic carbocycles. The number of carbonyl (C=O) groups excluding carboxylic acids is 1. The van der Waals surface area contributed by atoms with Gasteiger partial charge in [-0.3, -0.25) is 14.8 Å². The topological polar surface area (TPSA) is 85.8 Å². The number of aryl methyl sites for hydroxylation is 2. The van der Waals surface area contributed by atoms with Crippen molar-refractivity contribution in [2.45, 2.75) is 50.8 Å². The first-order chi connectivity index (χ1) is 12.9. The maximum Gasteiger partial charge on any atom is 0.322 e. The van der Waals surface area contributed by atoms with Crippen LogP contribution < -0.4 is 5.32 Å². The third-order valence-electron chi connectivity index (χ3n) is 3.85. The van der Waals surface area contributed by atoms with Crippen molar-refractivity contribution >= 4 is 23.7 Å². The lowest BCUT2D eigenvalue weighted by molar-refractivity contribution is 0.101. The molecule has 27 heavy (non-hydrogen) atoms. The molecule has 1 amide bonds. The van der Waals surface area contributed by atoms with Crippen LogP contribution in [0, 0.1) is 6.92 Å². The molecule has 2 aromatic heterocycles. The van der Waals surface area contributed by atoms with Gasteiger partial charge in [0.05, 0.1) is 6.42 Å². The molecule has 0 radical (unpaired) electrons. The number of nitrogens with one attached hydrogen (secondary N) is 1. The third kappa shape index (κ3) is 4.97. The smallest absolute Gasteiger partial charge is 0.322 e. The van der Waals surface area contributed by atoms with Crippen molar-refractivity contribution in [3.8, 4) is 0 Å². The number of benzene rings is 1. The second-order valence-corrected chi connectivity index (χ2v) is 8.08. The Hall–Kier alpha value is -2.61. The van der Waals surface area contributed by atoms with E-state index in [9.17, 15) is 4.79 Å². The summed E-state index contributed by atoms with van der Waals surface area (Å²) >= 11 is 1.82. The van der Waals surface area contributed by atoms with Gasteiger partial charge in [0.25, 0.3) is 5.91 Å². The van der Waals surface area contributed by atoms with Gasteiger partial charge in [-0.25, -0.2) is 0 Å². The average Bonchev–Trinajstić information content (AvgIpc) is 3.22. The lowest BCUT2D eigenvalue weighted by atomic mass is 10.1. The molecule has 0 saturated heterocycles. The van der Waals surface area contributed by atoms with Gasteiger partial charge in [0, 0.05) is 22.4 Å². The van der Waals surface area contributed by atoms with Crippen LogP contribution in [0.3, 0.4) is 0 Å². The van der Waals surface area contributed by atoms with Gasteiger partial charge in [0.15, 0.2) is 5.69 Å². The summed E-state index contributed by atoms with van der Waals surface area (Å²) in [6.45, 7) is 8.92. The average molecular weight is 385 g/mol. The Morgan fingerprint density at radius 3 is 2.63 bits per heavy atom. The highest BCUT2D eigenvalue weighted by molar-refractivity contribution is 7.99. The van der Waals surface area contributed by atoms with E-state index in [1.165, 1.54) is 4.90 Å². The number of hydrogen-bond acceptors (Lipinski definition) is 6. The molecule has 7 nitrogen and oxygen atoms in total. The molecule has 0 aliphatic rings. The number of aromatic nitrogens is 4. The molecule has 0 saturated carbocycles. The van der Waals surface area contributed by atoms with E-state index in [1.807, 2.05) is 37.7 Å². The summed E-state index contributed by atoms with van der Waals surface area (Å²) in [5.74, 6) is 0.0837. The maximum absolute atomic E-state index is 12.3. The monoisotopic (exact) mass is 385 g/mol. The fourth-order valence-corrected chi connectivity index (χ4v) is 3.45. The minimum absolute atomic E-state index is 0.0747. The van der Waals surface area contributed by atoms with Crippen LogP contribution in [-0.2, 0) is 13.0 Å². The third-order valence-corrected chi connectivity index (χ3v) is 4.87. The number of thioether (sulfide) groups is 1. The first kappa shape index (κ1) is 19.2. The van der Waals surface area contributed by atoms with Gasteiger partial charge >= 0.3 is 6.01 Å². The van der Waals surface area contributed by atoms with Crippen LogP contribution in [0.25, 0.3) is 0 Å². The van der Waals surface area contributed by atoms with Gasteiger partial charge in [-0.15, -0.1) is 16.9 Å². The molecular formula is C19H23N5O2S. The van der Waals surface area contributed by atoms with Crippen LogP contribution in [0.4, 0.5) is 6.01 Å². The van der Waals surface area contributed by atoms with Crippen LogP contribution in [0.15, 0.2) is 39.6 Å². The molecule has 0 fully saturated rings. The number of hydrogen-bond donors (Lipinski definition) is 1. The van der Waals surface area contributed by atoms with Gasteiger partial charge < -0.3 is 4.42 Å². The summed E-state index contributed by atoms with van der Waals surface area (Å²) in [6.07, 6.45) is 0.513. The summed E-state index contributed by atoms with van der Waals surface area (Å²) in [5.41, 5.74) is 2.32. The molecule has 0 bridgehead atoms. The molecule has 0 aliphatic carbocycles. The summed E-state index contributed by atoms with van der Waals surface area (Å²) < 4.78 is 7.30. The Morgan fingerprint density at radius 2 is 2.00 bits per heavy atom. The van der Waals surface area contributed by atoms with Gasteiger partial charge in [0.1, 0.15) is 0 Å². The molecule has 3 aromatic rings. The molecule has 3 rings (SSSR count). The lowest BCUT2D eigenvalue weighted by Gasteiger charge is -2.05. The van der Waals surface area contributed by atoms with Gasteiger partial charge in [-0.2, -0.15) is 5.10 Å². The van der Waals surface area contributed by atoms with Gasteiger partial charge in [0.2, 0.25) is 5.89 Å². The molecular weight excluding hydrogens is 362 g/mol. The maximum atomic E-state index is 12.3. The highest BCUT2D eigenvalue weighted by Crippen LogP contribution is 2.23. The Balaban J connectivity index is 1.61. The Kier molecular flexibility index (Phi) is 5.95. The second kappa shape index (κ2) is 8.39. The van der Waals surface area contributed by atoms with E-state index in [-0.39, 0.29) is 11.9 Å². The van der Waals surface area contributed by atoms with E-state index in [0.717, 1.165) is 11.3 Å². The van der Waals surface area contributed by atoms with Gasteiger partial charge in [-0.1, -0.05) is 31.1 Å². The zero-order valence-corrected chi connectivity index (χ0v) is 16.7. The van der Waals surface area contributed by atoms with E-state index < -0.39 is 0 Å². The van der Waals surface area contributed by atoms with E-state index in [1.54, 1.807) is 10.7 Å². The van der Waals surface area contributed by atoms with E-state index in [2.05, 4.69) is 46.6 Å². The lowest BCUT2D eigenvalue weighted by Crippen LogP contribution is -2.13. The Bertz CT molecular complexity index is 915. The van der Waals surface area contributed by atoms with Crippen molar-refractivity contribution in [2.75, 3.05) is 5.32 Å². The number of nitrogens with zero attached hydrogens (tertiary/aromatic N) is 4. The van der Waals surface area contributed by atoms with Crippen molar-refractivity contribution < 1.29 is 9.21 Å². The van der Waals surface area contributed by atoms with Crippen molar-refractivity contribution in [3.63, 3.8) is 0 Å². The molecule has 0 atom stereocenters. The Labute approximate surface area is 162 Å². The van der Waals surface area contributed by atoms with Crippen molar-refractivity contribution in [2.24, 2.45) is 0 Å². The minimum atomic E-state index is -0.365. The normalized spacial score (nSPS) is 11.1. The van der Waals surface area contributed by atoms with Crippen LogP contribution in [0.1, 0.15) is 48.4 Å². The van der Waals surface area contributed by atoms with Crippen LogP contribution in [-0.4, -0.2) is 31.1 Å². The molecule has 1 N–H and O–H groups in total. The summed E-state index contributed by atoms with van der Waals surface area (Å²) in [4.78, 5) is 13.5. The minimum Gasteiger partial charge on any atom is -0.407 e. The highest BCUT2D eigenvalue weighted by Gasteiger charge is 2.15. The molecule has 0 aliphatic heterocycles. The molecule has 2 heterocycles. The van der Waals surface area contributed by atoms with E-state index in [0.29, 0.717) is 29.8 Å². The largest absolute Gasteiger partial charge is 0.407 e. The first-order valence-corrected chi connectivity index (χ1v) is 9.76. The van der Waals surface area contributed by atoms with E-state index in [4.69, 9.17) is 4.42 Å². The molecule has 0 spiro atoms. The fourth-order valence-electron chi connectivity index (χ4n) is 2.61. The predicted molar refractivity (Wildman–Crippen MR) is 105 cm³/mol. The number of rotatable bonds is 7. The predicted octanol–water partition coefficient (Wildman–Crippen LogP) is 3.94. The van der Waals surface area contributed by atoms with E-state index >= 15 is 0 Å². The quantitative estimate of drug-likeness (QED) is 0.620. The van der Waals surface area contributed by atoms with Crippen LogP contribution >= 0.6 is 11.8 Å². The van der Waals surface area contributed by atoms with Crippen molar-refractivity contribution in [3.05, 3.63) is 53.2 Å². The standard InChI is InChI=1S/C19H23N5O2S/c1-5-24-13(4)10-16(23-24)18(25)20-19-22-21-17(26-19)11-14-6-8-15(9-7-14)27-12(2)3/h6-10,12H,5,11H2,1-4H3,(H,20,22,25). The summed E-state index contributed by atoms with van der Waals surface area (Å²) in [6, 6.07) is 10.1. The number of carbonyl (C=O) groups is 1. The van der Waals surface area contributed by atoms with Crippen molar-refractivity contribution in [1.29, 1.82) is 0 Å². The first-order valence-electron chi connectivity index (χ1n) is 8.88. The molecule has 8 heteroatoms. The number of amides is 1. The molecule has 0 unspecified atom stereocenters.